The summed E-state index contributed by atoms with van der Waals surface area (Å²) in [6.07, 6.45) is 14.4. The Hall–Kier alpha value is -13.2. The molecule has 0 spiro atoms. The molecule has 0 atom stereocenters. The summed E-state index contributed by atoms with van der Waals surface area (Å²) in [6.45, 7) is 13.8. The van der Waals surface area contributed by atoms with E-state index in [4.69, 9.17) is 25.4 Å². The van der Waals surface area contributed by atoms with Crippen molar-refractivity contribution >= 4 is 56.1 Å². The number of fused-ring (bicyclic) bond motifs is 3. The van der Waals surface area contributed by atoms with Crippen molar-refractivity contribution in [3.8, 4) is 89.7 Å². The molecule has 0 saturated heterocycles. The molecule has 21 heteroatoms. The van der Waals surface area contributed by atoms with E-state index in [9.17, 15) is 23.6 Å². The molecule has 8 heterocycles. The second-order valence-electron chi connectivity index (χ2n) is 27.2. The average molecular weight is 2360 g/mol. The molecular weight excluding hydrogens is 2280 g/mol. The van der Waals surface area contributed by atoms with Crippen LogP contribution in [0.5, 0.6) is 0 Å². The molecule has 636 valence electrons. The third kappa shape index (κ3) is 30.4. The van der Waals surface area contributed by atoms with Crippen molar-refractivity contribution in [1.82, 2.24) is 39.9 Å². The van der Waals surface area contributed by atoms with Gasteiger partial charge in [-0.3, -0.25) is 29.5 Å². The number of benzene rings is 9. The van der Waals surface area contributed by atoms with Crippen LogP contribution in [0.15, 0.2) is 358 Å². The number of rotatable bonds is 12. The summed E-state index contributed by atoms with van der Waals surface area (Å²) in [5, 5.41) is 37.5. The fraction of sp³-hybridized carbons (Fsp3) is 0.0769. The Bertz CT molecular complexity index is 6260. The van der Waals surface area contributed by atoms with E-state index >= 15 is 0 Å². The van der Waals surface area contributed by atoms with Gasteiger partial charge in [-0.2, -0.15) is 0 Å². The number of carboxylic acid groups (broad SMARTS) is 2. The Labute approximate surface area is 780 Å². The van der Waals surface area contributed by atoms with Crippen molar-refractivity contribution in [1.29, 1.82) is 0 Å². The van der Waals surface area contributed by atoms with E-state index in [1.165, 1.54) is 91.8 Å². The van der Waals surface area contributed by atoms with Crippen LogP contribution in [0.3, 0.4) is 0 Å². The number of nitrogens with zero attached hydrogens (tertiary/aromatic N) is 8. The van der Waals surface area contributed by atoms with E-state index in [2.05, 4.69) is 183 Å². The summed E-state index contributed by atoms with van der Waals surface area (Å²) in [6, 6.07) is 107. The van der Waals surface area contributed by atoms with Crippen LogP contribution < -0.4 is 0 Å². The van der Waals surface area contributed by atoms with Gasteiger partial charge >= 0.3 is 11.9 Å². The van der Waals surface area contributed by atoms with Crippen molar-refractivity contribution in [2.24, 2.45) is 0 Å². The topological polar surface area (TPSA) is 252 Å². The average Bonchev–Trinajstić information content (AvgIpc) is 0.764. The number of carboxylic acids is 2. The summed E-state index contributed by atoms with van der Waals surface area (Å²) in [5.74, 6) is -2.32. The number of aromatic carboxylic acids is 2. The van der Waals surface area contributed by atoms with Crippen LogP contribution in [0.4, 0.5) is 4.39 Å². The summed E-state index contributed by atoms with van der Waals surface area (Å²) >= 11 is 0. The number of carbonyl (C=O) groups excluding carboxylic acids is 2. The molecule has 0 amide bonds. The normalized spacial score (nSPS) is 10.2. The van der Waals surface area contributed by atoms with Crippen LogP contribution >= 0.6 is 0 Å². The van der Waals surface area contributed by atoms with E-state index in [1.54, 1.807) is 43.5 Å². The molecule has 4 radical (unpaired) electrons. The van der Waals surface area contributed by atoms with Crippen molar-refractivity contribution in [3.05, 3.63) is 422 Å². The van der Waals surface area contributed by atoms with E-state index in [0.717, 1.165) is 94.9 Å². The van der Waals surface area contributed by atoms with Gasteiger partial charge in [0.2, 0.25) is 0 Å². The molecular formula is C104H85FIr4N8O8-4. The molecule has 8 aromatic heterocycles. The van der Waals surface area contributed by atoms with E-state index in [-0.39, 0.29) is 121 Å². The number of aryl methyl sites for hydroxylation is 3. The predicted octanol–water partition coefficient (Wildman–Crippen LogP) is 24.1. The minimum atomic E-state index is -0.990. The first-order valence-corrected chi connectivity index (χ1v) is 38.3. The summed E-state index contributed by atoms with van der Waals surface area (Å²) in [7, 11) is 0. The number of aromatic nitrogens is 8. The number of allylic oxidation sites excluding steroid dienone is 4. The molecule has 0 fully saturated rings. The molecule has 0 bridgehead atoms. The van der Waals surface area contributed by atoms with Crippen LogP contribution in [-0.2, 0) is 90.0 Å². The fourth-order valence-electron chi connectivity index (χ4n) is 12.4. The van der Waals surface area contributed by atoms with Gasteiger partial charge < -0.3 is 30.4 Å². The third-order valence-corrected chi connectivity index (χ3v) is 18.0. The second kappa shape index (κ2) is 51.7. The number of halogens is 1. The van der Waals surface area contributed by atoms with Crippen LogP contribution in [0.25, 0.3) is 122 Å². The third-order valence-electron chi connectivity index (χ3n) is 18.0. The van der Waals surface area contributed by atoms with Crippen LogP contribution in [0.2, 0.25) is 0 Å². The van der Waals surface area contributed by atoms with Gasteiger partial charge in [-0.1, -0.05) is 179 Å². The van der Waals surface area contributed by atoms with E-state index in [1.807, 2.05) is 170 Å². The maximum Gasteiger partial charge on any atom is 0.354 e. The molecule has 16 nitrogen and oxygen atoms in total. The van der Waals surface area contributed by atoms with Gasteiger partial charge in [0.15, 0.2) is 11.6 Å². The number of carbonyl (C=O) groups is 4. The molecule has 4 N–H and O–H groups in total. The van der Waals surface area contributed by atoms with Gasteiger partial charge in [0, 0.05) is 141 Å². The molecule has 0 unspecified atom stereocenters. The molecule has 125 heavy (non-hydrogen) atoms. The number of hydrogen-bond donors (Lipinski definition) is 4. The quantitative estimate of drug-likeness (QED) is 0.0504. The van der Waals surface area contributed by atoms with Crippen LogP contribution in [0.1, 0.15) is 70.9 Å². The number of ketones is 2. The minimum absolute atomic E-state index is 0. The largest absolute Gasteiger partial charge is 0.512 e. The van der Waals surface area contributed by atoms with Gasteiger partial charge in [0.25, 0.3) is 0 Å². The van der Waals surface area contributed by atoms with Crippen LogP contribution in [0, 0.1) is 57.8 Å². The zero-order valence-electron chi connectivity index (χ0n) is 69.1. The minimum Gasteiger partial charge on any atom is -0.512 e. The Balaban J connectivity index is 0.000000229. The Morgan fingerprint density at radius 1 is 0.328 bits per heavy atom. The first-order valence-electron chi connectivity index (χ1n) is 38.3. The van der Waals surface area contributed by atoms with Gasteiger partial charge in [-0.25, -0.2) is 23.9 Å². The Morgan fingerprint density at radius 2 is 0.744 bits per heavy atom. The zero-order chi connectivity index (χ0) is 86.0. The van der Waals surface area contributed by atoms with Gasteiger partial charge in [0.1, 0.15) is 17.2 Å². The van der Waals surface area contributed by atoms with E-state index in [0.29, 0.717) is 22.2 Å². The van der Waals surface area contributed by atoms with Crippen molar-refractivity contribution in [3.63, 3.8) is 0 Å². The Kier molecular flexibility index (Phi) is 41.6. The molecule has 0 aliphatic carbocycles. The SMILES string of the molecule is CC(=O)C=C(C)O.CC(=O)C=C(C)O.Cc1c(-c2[c-]ccc(-c3ccccc3)c2)nc2ccccc2c1F.Cc1c(-c2[c-]ccc(-c3ccccc3)c2)ncc2ccccc12.Cc1cc2ccccc2nc1-c1[c-]ccc(-c2ccccn2)c1.Cc1cccnc1-c1[c-]ccc(-c2cccnc2)c1.O=C(O)c1ccccn1.O=C(O)c1ccccn1.[Ir].[Ir].[Ir].[Ir]. The maximum absolute atomic E-state index is 14.7. The van der Waals surface area contributed by atoms with Crippen molar-refractivity contribution in [2.45, 2.75) is 55.4 Å². The molecule has 0 aliphatic heterocycles. The van der Waals surface area contributed by atoms with Gasteiger partial charge in [0.05, 0.1) is 28.2 Å². The van der Waals surface area contributed by atoms with Gasteiger partial charge in [-0.05, 0) is 183 Å². The smallest absolute Gasteiger partial charge is 0.354 e. The summed E-state index contributed by atoms with van der Waals surface area (Å²) < 4.78 is 14.7. The van der Waals surface area contributed by atoms with Crippen molar-refractivity contribution < 1.29 is 124 Å². The number of pyridine rings is 8. The second-order valence-corrected chi connectivity index (χ2v) is 27.2. The fourth-order valence-corrected chi connectivity index (χ4v) is 12.4. The standard InChI is InChI=1S/C22H15FN.C22H16N.C21H15N2.C17H13N2.2C6H5NO2.2C5H8O2.4Ir/c1-15-21(23)19-12-5-6-13-20(19)24-22(15)18-11-7-10-17(14-18)16-8-3-2-4-9-16;1-16-21-13-6-5-10-20(21)15-23-22(16)19-12-7-11-18(14-19)17-8-3-2-4-9-17;1-15-13-16-7-2-3-11-20(16)23-21(15)18-9-6-8-17(14-18)19-10-4-5-12-22-19;1-13-5-3-10-19-17(13)15-7-2-6-14(11-15)16-8-4-9-18-12-16;2*8-6(9)5-3-1-2-4-7-5;2*1-4(6)3-5(2)7;;;;/h2-10,12-14H,1H3;2-11,13-15H,1H3;2-8,10-14H,1H3;2-6,8-12H,1H3;2*1-4H,(H,8,9);2*3,6H,1-2H3;;;;/q4*-1;;;;;;;;. The molecule has 17 aromatic rings. The predicted molar refractivity (Wildman–Crippen MR) is 479 cm³/mol. The molecule has 9 aromatic carbocycles. The number of aliphatic hydroxyl groups excluding tert-OH is 2. The summed E-state index contributed by atoms with van der Waals surface area (Å²) in [5.41, 5.74) is 22.2. The van der Waals surface area contributed by atoms with E-state index < -0.39 is 11.9 Å². The molecule has 0 aliphatic rings. The monoisotopic (exact) mass is 2360 g/mol. The number of aliphatic hydroxyl groups is 2. The summed E-state index contributed by atoms with van der Waals surface area (Å²) in [4.78, 5) is 74.7. The zero-order valence-corrected chi connectivity index (χ0v) is 78.7. The van der Waals surface area contributed by atoms with Gasteiger partial charge in [-0.15, -0.1) is 130 Å². The molecule has 0 saturated carbocycles. The number of para-hydroxylation sites is 2. The maximum atomic E-state index is 14.7. The number of hydrogen-bond acceptors (Lipinski definition) is 14. The molecule has 17 rings (SSSR count). The van der Waals surface area contributed by atoms with Crippen molar-refractivity contribution in [2.75, 3.05) is 0 Å². The van der Waals surface area contributed by atoms with Crippen LogP contribution in [-0.4, -0.2) is 83.8 Å². The first kappa shape index (κ1) is 101. The Morgan fingerprint density at radius 3 is 1.22 bits per heavy atom. The first-order chi connectivity index (χ1) is 58.6.